The zero-order valence-electron chi connectivity index (χ0n) is 8.54. The van der Waals surface area contributed by atoms with Gasteiger partial charge < -0.3 is 9.84 Å². The molecule has 0 aromatic rings. The van der Waals surface area contributed by atoms with Crippen LogP contribution in [0, 0.1) is 5.41 Å². The van der Waals surface area contributed by atoms with Gasteiger partial charge in [-0.05, 0) is 27.2 Å². The molecule has 0 saturated carbocycles. The number of aliphatic hydroxyl groups is 1. The van der Waals surface area contributed by atoms with Crippen molar-refractivity contribution < 1.29 is 14.6 Å². The van der Waals surface area contributed by atoms with Crippen LogP contribution in [0.1, 0.15) is 27.2 Å². The van der Waals surface area contributed by atoms with E-state index in [0.717, 1.165) is 0 Å². The van der Waals surface area contributed by atoms with E-state index in [1.807, 2.05) is 0 Å². The maximum Gasteiger partial charge on any atom is 0.311 e. The number of carbonyl (C=O) groups is 1. The fourth-order valence-electron chi connectivity index (χ4n) is 0.611. The zero-order valence-corrected chi connectivity index (χ0v) is 8.54. The number of esters is 1. The normalized spacial score (nSPS) is 13.8. The Hall–Kier alpha value is -0.505. The third kappa shape index (κ3) is 5.69. The lowest BCUT2D eigenvalue weighted by molar-refractivity contribution is -0.153. The lowest BCUT2D eigenvalue weighted by Gasteiger charge is -2.17. The Morgan fingerprint density at radius 3 is 2.46 bits per heavy atom. The van der Waals surface area contributed by atoms with Crippen molar-refractivity contribution in [3.8, 4) is 0 Å². The summed E-state index contributed by atoms with van der Waals surface area (Å²) in [4.78, 5) is 11.2. The molecule has 74 valence electrons. The van der Waals surface area contributed by atoms with E-state index in [4.69, 9.17) is 17.7 Å². The van der Waals surface area contributed by atoms with E-state index in [1.54, 1.807) is 20.8 Å². The first-order valence-corrected chi connectivity index (χ1v) is 4.41. The average Bonchev–Trinajstić information content (AvgIpc) is 2.02. The van der Waals surface area contributed by atoms with E-state index in [9.17, 15) is 4.79 Å². The van der Waals surface area contributed by atoms with Crippen LogP contribution >= 0.6 is 0 Å². The van der Waals surface area contributed by atoms with Crippen molar-refractivity contribution in [2.24, 2.45) is 5.41 Å². The lowest BCUT2D eigenvalue weighted by atomic mass is 9.86. The third-order valence-corrected chi connectivity index (χ3v) is 1.57. The summed E-state index contributed by atoms with van der Waals surface area (Å²) in [5.41, 5.74) is -0.469. The molecule has 0 aliphatic heterocycles. The zero-order chi connectivity index (χ0) is 10.5. The molecule has 3 nitrogen and oxygen atoms in total. The van der Waals surface area contributed by atoms with E-state index < -0.39 is 5.41 Å². The molecule has 1 unspecified atom stereocenters. The smallest absolute Gasteiger partial charge is 0.311 e. The second-order valence-electron chi connectivity index (χ2n) is 4.12. The SMILES string of the molecule is [B]C(CO)CCOC(=O)C(C)(C)C. The first kappa shape index (κ1) is 12.5. The van der Waals surface area contributed by atoms with Crippen LogP contribution in [-0.4, -0.2) is 32.1 Å². The number of aliphatic hydroxyl groups excluding tert-OH is 1. The topological polar surface area (TPSA) is 46.5 Å². The molecular weight excluding hydrogens is 167 g/mol. The quantitative estimate of drug-likeness (QED) is 0.521. The minimum absolute atomic E-state index is 0.0763. The number of hydrogen-bond donors (Lipinski definition) is 1. The summed E-state index contributed by atoms with van der Waals surface area (Å²) in [5, 5.41) is 8.59. The van der Waals surface area contributed by atoms with Crippen molar-refractivity contribution in [3.05, 3.63) is 0 Å². The van der Waals surface area contributed by atoms with Crippen LogP contribution in [0.15, 0.2) is 0 Å². The van der Waals surface area contributed by atoms with Crippen LogP contribution in [0.5, 0.6) is 0 Å². The van der Waals surface area contributed by atoms with Gasteiger partial charge in [0.2, 0.25) is 0 Å². The predicted molar refractivity (Wildman–Crippen MR) is 51.6 cm³/mol. The van der Waals surface area contributed by atoms with E-state index in [1.165, 1.54) is 0 Å². The van der Waals surface area contributed by atoms with Crippen LogP contribution in [0.3, 0.4) is 0 Å². The summed E-state index contributed by atoms with van der Waals surface area (Å²) >= 11 is 0. The molecule has 0 bridgehead atoms. The van der Waals surface area contributed by atoms with Crippen molar-refractivity contribution in [3.63, 3.8) is 0 Å². The summed E-state index contributed by atoms with van der Waals surface area (Å²) in [6, 6.07) is 0. The van der Waals surface area contributed by atoms with Gasteiger partial charge in [-0.1, -0.05) is 5.82 Å². The minimum Gasteiger partial charge on any atom is -0.465 e. The van der Waals surface area contributed by atoms with Gasteiger partial charge in [0, 0.05) is 6.61 Å². The second-order valence-corrected chi connectivity index (χ2v) is 4.12. The highest BCUT2D eigenvalue weighted by molar-refractivity contribution is 6.11. The highest BCUT2D eigenvalue weighted by atomic mass is 16.5. The Bertz CT molecular complexity index is 163. The first-order chi connectivity index (χ1) is 5.88. The van der Waals surface area contributed by atoms with Gasteiger partial charge in [0.25, 0.3) is 0 Å². The van der Waals surface area contributed by atoms with Gasteiger partial charge >= 0.3 is 5.97 Å². The van der Waals surface area contributed by atoms with Crippen molar-refractivity contribution in [1.29, 1.82) is 0 Å². The molecule has 2 radical (unpaired) electrons. The monoisotopic (exact) mass is 184 g/mol. The Morgan fingerprint density at radius 1 is 1.54 bits per heavy atom. The summed E-state index contributed by atoms with van der Waals surface area (Å²) < 4.78 is 4.95. The number of hydrogen-bond acceptors (Lipinski definition) is 3. The van der Waals surface area contributed by atoms with Crippen molar-refractivity contribution in [2.75, 3.05) is 13.2 Å². The van der Waals surface area contributed by atoms with Crippen LogP contribution in [0.25, 0.3) is 0 Å². The predicted octanol–water partition coefficient (Wildman–Crippen LogP) is 0.915. The molecule has 1 atom stereocenters. The molecule has 0 rings (SSSR count). The van der Waals surface area contributed by atoms with Gasteiger partial charge in [-0.3, -0.25) is 4.79 Å². The maximum absolute atomic E-state index is 11.2. The molecule has 0 aliphatic rings. The number of carbonyl (C=O) groups excluding carboxylic acids is 1. The lowest BCUT2D eigenvalue weighted by Crippen LogP contribution is -2.23. The van der Waals surface area contributed by atoms with Crippen molar-refractivity contribution in [2.45, 2.75) is 33.0 Å². The summed E-state index contributed by atoms with van der Waals surface area (Å²) in [7, 11) is 5.43. The highest BCUT2D eigenvalue weighted by Crippen LogP contribution is 2.15. The van der Waals surface area contributed by atoms with Crippen LogP contribution in [0.4, 0.5) is 0 Å². The molecule has 0 spiro atoms. The number of rotatable bonds is 4. The van der Waals surface area contributed by atoms with E-state index >= 15 is 0 Å². The van der Waals surface area contributed by atoms with Gasteiger partial charge in [0.1, 0.15) is 0 Å². The molecule has 0 aromatic heterocycles. The van der Waals surface area contributed by atoms with Gasteiger partial charge in [-0.15, -0.1) is 0 Å². The third-order valence-electron chi connectivity index (χ3n) is 1.57. The Labute approximate surface area is 80.9 Å². The standard InChI is InChI=1S/C9H17BO3/c1-9(2,3)8(12)13-5-4-7(10)6-11/h7,11H,4-6H2,1-3H3. The molecule has 1 N–H and O–H groups in total. The Balaban J connectivity index is 3.60. The molecule has 0 amide bonds. The maximum atomic E-state index is 11.2. The molecule has 0 aromatic carbocycles. The fourth-order valence-corrected chi connectivity index (χ4v) is 0.611. The summed E-state index contributed by atoms with van der Waals surface area (Å²) in [5.74, 6) is -0.537. The highest BCUT2D eigenvalue weighted by Gasteiger charge is 2.22. The first-order valence-electron chi connectivity index (χ1n) is 4.41. The van der Waals surface area contributed by atoms with Gasteiger partial charge in [-0.2, -0.15) is 0 Å². The van der Waals surface area contributed by atoms with E-state index in [-0.39, 0.29) is 25.0 Å². The van der Waals surface area contributed by atoms with Crippen molar-refractivity contribution >= 4 is 13.8 Å². The van der Waals surface area contributed by atoms with Gasteiger partial charge in [-0.25, -0.2) is 0 Å². The van der Waals surface area contributed by atoms with Gasteiger partial charge in [0.05, 0.1) is 19.9 Å². The van der Waals surface area contributed by atoms with Crippen LogP contribution < -0.4 is 0 Å². The van der Waals surface area contributed by atoms with E-state index in [2.05, 4.69) is 0 Å². The van der Waals surface area contributed by atoms with Crippen LogP contribution in [-0.2, 0) is 9.53 Å². The molecule has 13 heavy (non-hydrogen) atoms. The van der Waals surface area contributed by atoms with Gasteiger partial charge in [0.15, 0.2) is 0 Å². The average molecular weight is 184 g/mol. The molecular formula is C9H17BO3. The molecule has 4 heteroatoms. The fraction of sp³-hybridized carbons (Fsp3) is 0.889. The largest absolute Gasteiger partial charge is 0.465 e. The molecule has 0 aliphatic carbocycles. The number of ether oxygens (including phenoxy) is 1. The summed E-state index contributed by atoms with van der Waals surface area (Å²) in [6.07, 6.45) is 0.498. The molecule has 0 heterocycles. The van der Waals surface area contributed by atoms with Crippen molar-refractivity contribution in [1.82, 2.24) is 0 Å². The minimum atomic E-state index is -0.469. The van der Waals surface area contributed by atoms with E-state index in [0.29, 0.717) is 6.42 Å². The Kier molecular flexibility index (Phi) is 5.07. The summed E-state index contributed by atoms with van der Waals surface area (Å²) in [6.45, 7) is 5.58. The van der Waals surface area contributed by atoms with Crippen LogP contribution in [0.2, 0.25) is 5.82 Å². The molecule has 0 saturated heterocycles. The Morgan fingerprint density at radius 2 is 2.08 bits per heavy atom. The second kappa shape index (κ2) is 5.27. The molecule has 0 fully saturated rings.